The number of esters is 1. The number of hydrogen-bond donors (Lipinski definition) is 0. The molecule has 0 bridgehead atoms. The number of methoxy groups -OCH3 is 1. The third-order valence-corrected chi connectivity index (χ3v) is 11.4. The summed E-state index contributed by atoms with van der Waals surface area (Å²) in [5, 5.41) is 2.18. The molecule has 34 heavy (non-hydrogen) atoms. The van der Waals surface area contributed by atoms with Gasteiger partial charge in [0, 0.05) is 11.6 Å². The zero-order valence-electron chi connectivity index (χ0n) is 20.7. The summed E-state index contributed by atoms with van der Waals surface area (Å²) >= 11 is 0. The lowest BCUT2D eigenvalue weighted by Gasteiger charge is -2.43. The van der Waals surface area contributed by atoms with Crippen LogP contribution in [0.25, 0.3) is 0 Å². The van der Waals surface area contributed by atoms with E-state index in [0.717, 1.165) is 0 Å². The van der Waals surface area contributed by atoms with E-state index in [0.29, 0.717) is 5.57 Å². The second-order valence-electron chi connectivity index (χ2n) is 10.2. The van der Waals surface area contributed by atoms with Gasteiger partial charge < -0.3 is 23.4 Å². The van der Waals surface area contributed by atoms with Crippen LogP contribution in [0.1, 0.15) is 34.6 Å². The highest BCUT2D eigenvalue weighted by molar-refractivity contribution is 6.99. The zero-order chi connectivity index (χ0) is 24.6. The molecule has 3 atom stereocenters. The summed E-state index contributed by atoms with van der Waals surface area (Å²) in [5.74, 6) is -1.25. The minimum Gasteiger partial charge on any atom is -0.466 e. The molecule has 0 aliphatic carbocycles. The molecule has 7 heteroatoms. The van der Waals surface area contributed by atoms with Crippen LogP contribution in [0.2, 0.25) is 5.04 Å². The summed E-state index contributed by atoms with van der Waals surface area (Å²) in [6, 6.07) is 20.8. The first-order valence-electron chi connectivity index (χ1n) is 11.6. The highest BCUT2D eigenvalue weighted by Gasteiger charge is 2.54. The molecular weight excluding hydrogens is 448 g/mol. The van der Waals surface area contributed by atoms with Crippen LogP contribution in [0.4, 0.5) is 0 Å². The SMILES string of the molecule is COC(=O)/C=C1\[C@@H](CO[Si](c2ccccc2)(c2ccccc2)C(C)(C)C)O[C@H]2OC(C)(C)O[C@@H]12. The molecule has 2 aromatic rings. The first-order chi connectivity index (χ1) is 16.1. The van der Waals surface area contributed by atoms with E-state index in [2.05, 4.69) is 69.3 Å². The number of carbonyl (C=O) groups excluding carboxylic acids is 1. The van der Waals surface area contributed by atoms with Crippen molar-refractivity contribution in [1.29, 1.82) is 0 Å². The lowest BCUT2D eigenvalue weighted by molar-refractivity contribution is -0.202. The molecule has 4 rings (SSSR count). The minimum atomic E-state index is -2.76. The zero-order valence-corrected chi connectivity index (χ0v) is 21.7. The third-order valence-electron chi connectivity index (χ3n) is 6.41. The highest BCUT2D eigenvalue weighted by Crippen LogP contribution is 2.42. The standard InChI is InChI=1S/C27H34O6Si/c1-26(2,3)34(19-13-9-7-10-14-19,20-15-11-8-12-16-20)30-18-22-21(17-23(28)29-6)24-25(31-22)33-27(4,5)32-24/h7-17,22,24-25H,18H2,1-6H3/b21-17+/t22-,24+,25+/m1/s1. The Hall–Kier alpha value is -2.29. The average Bonchev–Trinajstić information content (AvgIpc) is 3.26. The predicted octanol–water partition coefficient (Wildman–Crippen LogP) is 3.54. The van der Waals surface area contributed by atoms with Gasteiger partial charge in [0.05, 0.1) is 13.7 Å². The summed E-state index contributed by atoms with van der Waals surface area (Å²) in [6.45, 7) is 10.6. The fourth-order valence-corrected chi connectivity index (χ4v) is 9.50. The second kappa shape index (κ2) is 9.39. The Labute approximate surface area is 202 Å². The molecule has 2 heterocycles. The predicted molar refractivity (Wildman–Crippen MR) is 132 cm³/mol. The Morgan fingerprint density at radius 1 is 1.00 bits per heavy atom. The van der Waals surface area contributed by atoms with Crippen molar-refractivity contribution in [2.24, 2.45) is 0 Å². The summed E-state index contributed by atoms with van der Waals surface area (Å²) in [6.07, 6.45) is -0.123. The molecule has 2 saturated heterocycles. The second-order valence-corrected chi connectivity index (χ2v) is 14.5. The Bertz CT molecular complexity index is 989. The van der Waals surface area contributed by atoms with E-state index in [1.54, 1.807) is 0 Å². The van der Waals surface area contributed by atoms with Gasteiger partial charge in [-0.25, -0.2) is 4.79 Å². The number of hydrogen-bond acceptors (Lipinski definition) is 6. The average molecular weight is 483 g/mol. The fraction of sp³-hybridized carbons (Fsp3) is 0.444. The smallest absolute Gasteiger partial charge is 0.330 e. The van der Waals surface area contributed by atoms with Crippen molar-refractivity contribution >= 4 is 24.7 Å². The number of benzene rings is 2. The fourth-order valence-electron chi connectivity index (χ4n) is 4.95. The van der Waals surface area contributed by atoms with Gasteiger partial charge in [0.15, 0.2) is 12.1 Å². The lowest BCUT2D eigenvalue weighted by Crippen LogP contribution is -2.67. The molecule has 0 unspecified atom stereocenters. The van der Waals surface area contributed by atoms with Gasteiger partial charge in [-0.1, -0.05) is 81.4 Å². The maximum Gasteiger partial charge on any atom is 0.330 e. The van der Waals surface area contributed by atoms with E-state index in [-0.39, 0.29) is 11.6 Å². The Balaban J connectivity index is 1.72. The van der Waals surface area contributed by atoms with Gasteiger partial charge in [-0.15, -0.1) is 0 Å². The van der Waals surface area contributed by atoms with Gasteiger partial charge in [0.25, 0.3) is 8.32 Å². The summed E-state index contributed by atoms with van der Waals surface area (Å²) in [5.41, 5.74) is 0.681. The van der Waals surface area contributed by atoms with Crippen LogP contribution in [0, 0.1) is 0 Å². The minimum absolute atomic E-state index is 0.175. The molecular formula is C27H34O6Si. The molecule has 0 saturated carbocycles. The number of carbonyl (C=O) groups is 1. The van der Waals surface area contributed by atoms with Gasteiger partial charge >= 0.3 is 5.97 Å². The van der Waals surface area contributed by atoms with E-state index in [4.69, 9.17) is 23.4 Å². The number of rotatable bonds is 6. The van der Waals surface area contributed by atoms with Gasteiger partial charge in [-0.05, 0) is 29.3 Å². The van der Waals surface area contributed by atoms with Crippen molar-refractivity contribution in [3.05, 3.63) is 72.3 Å². The van der Waals surface area contributed by atoms with Gasteiger partial charge in [0.2, 0.25) is 0 Å². The van der Waals surface area contributed by atoms with Crippen LogP contribution < -0.4 is 10.4 Å². The molecule has 0 amide bonds. The molecule has 2 aliphatic heterocycles. The van der Waals surface area contributed by atoms with Crippen molar-refractivity contribution in [2.45, 2.75) is 63.9 Å². The third kappa shape index (κ3) is 4.63. The monoisotopic (exact) mass is 482 g/mol. The van der Waals surface area contributed by atoms with Crippen molar-refractivity contribution in [3.63, 3.8) is 0 Å². The maximum atomic E-state index is 12.2. The van der Waals surface area contributed by atoms with Crippen molar-refractivity contribution in [3.8, 4) is 0 Å². The van der Waals surface area contributed by atoms with Gasteiger partial charge in [0.1, 0.15) is 12.2 Å². The molecule has 182 valence electrons. The van der Waals surface area contributed by atoms with Crippen LogP contribution >= 0.6 is 0 Å². The quantitative estimate of drug-likeness (QED) is 0.357. The van der Waals surface area contributed by atoms with Crippen molar-refractivity contribution < 1.29 is 28.2 Å². The molecule has 0 spiro atoms. The van der Waals surface area contributed by atoms with Crippen LogP contribution in [-0.2, 0) is 28.2 Å². The van der Waals surface area contributed by atoms with Crippen molar-refractivity contribution in [2.75, 3.05) is 13.7 Å². The van der Waals surface area contributed by atoms with Crippen LogP contribution in [-0.4, -0.2) is 52.3 Å². The van der Waals surface area contributed by atoms with Gasteiger partial charge in [-0.2, -0.15) is 0 Å². The van der Waals surface area contributed by atoms with E-state index >= 15 is 0 Å². The van der Waals surface area contributed by atoms with Gasteiger partial charge in [-0.3, -0.25) is 0 Å². The number of fused-ring (bicyclic) bond motifs is 1. The Morgan fingerprint density at radius 2 is 1.56 bits per heavy atom. The van der Waals surface area contributed by atoms with Crippen LogP contribution in [0.5, 0.6) is 0 Å². The molecule has 2 aliphatic rings. The number of ether oxygens (including phenoxy) is 4. The maximum absolute atomic E-state index is 12.2. The van der Waals surface area contributed by atoms with E-state index in [1.165, 1.54) is 23.6 Å². The lowest BCUT2D eigenvalue weighted by atomic mass is 10.1. The molecule has 2 aromatic carbocycles. The van der Waals surface area contributed by atoms with E-state index in [1.807, 2.05) is 26.0 Å². The van der Waals surface area contributed by atoms with E-state index in [9.17, 15) is 4.79 Å². The Morgan fingerprint density at radius 3 is 2.06 bits per heavy atom. The molecule has 2 fully saturated rings. The topological polar surface area (TPSA) is 63.2 Å². The summed E-state index contributed by atoms with van der Waals surface area (Å²) in [4.78, 5) is 12.2. The Kier molecular flexibility index (Phi) is 6.86. The summed E-state index contributed by atoms with van der Waals surface area (Å²) in [7, 11) is -1.41. The normalized spacial score (nSPS) is 25.4. The molecule has 6 nitrogen and oxygen atoms in total. The molecule has 0 N–H and O–H groups in total. The van der Waals surface area contributed by atoms with Crippen molar-refractivity contribution in [1.82, 2.24) is 0 Å². The molecule has 0 radical (unpaired) electrons. The summed E-state index contributed by atoms with van der Waals surface area (Å²) < 4.78 is 30.2. The highest BCUT2D eigenvalue weighted by atomic mass is 28.4. The molecule has 0 aromatic heterocycles. The van der Waals surface area contributed by atoms with E-state index < -0.39 is 38.6 Å². The van der Waals surface area contributed by atoms with Crippen LogP contribution in [0.3, 0.4) is 0 Å². The first kappa shape index (κ1) is 24.8. The first-order valence-corrected chi connectivity index (χ1v) is 13.5. The van der Waals surface area contributed by atoms with Crippen LogP contribution in [0.15, 0.2) is 72.3 Å². The largest absolute Gasteiger partial charge is 0.466 e.